The molecule has 0 radical (unpaired) electrons. The van der Waals surface area contributed by atoms with Crippen LogP contribution in [0.15, 0.2) is 41.3 Å². The molecule has 1 amide bonds. The average Bonchev–Trinajstić information content (AvgIpc) is 2.42. The van der Waals surface area contributed by atoms with Crippen molar-refractivity contribution in [2.24, 2.45) is 0 Å². The van der Waals surface area contributed by atoms with Crippen molar-refractivity contribution < 1.29 is 14.0 Å². The SMILES string of the molecule is CC(=O)Nc1nc(=O)n(C(=O)c2ccccc2)cc1F. The Morgan fingerprint density at radius 1 is 1.25 bits per heavy atom. The summed E-state index contributed by atoms with van der Waals surface area (Å²) in [6.45, 7) is 1.15. The fraction of sp³-hybridized carbons (Fsp3) is 0.0769. The van der Waals surface area contributed by atoms with Crippen LogP contribution < -0.4 is 11.0 Å². The molecule has 102 valence electrons. The second kappa shape index (κ2) is 5.43. The van der Waals surface area contributed by atoms with Crippen LogP contribution in [0.4, 0.5) is 10.2 Å². The summed E-state index contributed by atoms with van der Waals surface area (Å²) in [6.07, 6.45) is 0.704. The van der Waals surface area contributed by atoms with Crippen molar-refractivity contribution in [2.45, 2.75) is 6.92 Å². The summed E-state index contributed by atoms with van der Waals surface area (Å²) in [4.78, 5) is 37.9. The normalized spacial score (nSPS) is 10.1. The van der Waals surface area contributed by atoms with E-state index >= 15 is 0 Å². The van der Waals surface area contributed by atoms with Crippen LogP contribution in [-0.2, 0) is 4.79 Å². The molecule has 20 heavy (non-hydrogen) atoms. The van der Waals surface area contributed by atoms with Crippen LogP contribution >= 0.6 is 0 Å². The van der Waals surface area contributed by atoms with E-state index in [1.54, 1.807) is 18.2 Å². The molecule has 0 saturated heterocycles. The van der Waals surface area contributed by atoms with Gasteiger partial charge < -0.3 is 5.32 Å². The zero-order valence-electron chi connectivity index (χ0n) is 10.5. The highest BCUT2D eigenvalue weighted by atomic mass is 19.1. The minimum absolute atomic E-state index is 0.225. The number of anilines is 1. The predicted molar refractivity (Wildman–Crippen MR) is 68.9 cm³/mol. The van der Waals surface area contributed by atoms with Gasteiger partial charge in [0, 0.05) is 12.5 Å². The van der Waals surface area contributed by atoms with Crippen molar-refractivity contribution >= 4 is 17.6 Å². The summed E-state index contributed by atoms with van der Waals surface area (Å²) in [7, 11) is 0. The van der Waals surface area contributed by atoms with Crippen LogP contribution in [0.5, 0.6) is 0 Å². The maximum absolute atomic E-state index is 13.7. The van der Waals surface area contributed by atoms with Crippen LogP contribution in [0.25, 0.3) is 0 Å². The summed E-state index contributed by atoms with van der Waals surface area (Å²) >= 11 is 0. The van der Waals surface area contributed by atoms with E-state index in [0.717, 1.165) is 6.92 Å². The Morgan fingerprint density at radius 3 is 2.50 bits per heavy atom. The molecular formula is C13H10FN3O3. The van der Waals surface area contributed by atoms with Gasteiger partial charge in [0.1, 0.15) is 0 Å². The van der Waals surface area contributed by atoms with E-state index < -0.39 is 29.1 Å². The van der Waals surface area contributed by atoms with Crippen LogP contribution in [-0.4, -0.2) is 21.4 Å². The second-order valence-electron chi connectivity index (χ2n) is 3.94. The molecule has 0 atom stereocenters. The Balaban J connectivity index is 2.44. The molecule has 0 spiro atoms. The molecule has 7 heteroatoms. The van der Waals surface area contributed by atoms with Crippen LogP contribution in [0.3, 0.4) is 0 Å². The van der Waals surface area contributed by atoms with Gasteiger partial charge in [0.2, 0.25) is 5.91 Å². The Bertz CT molecular complexity index is 725. The number of halogens is 1. The molecule has 1 heterocycles. The van der Waals surface area contributed by atoms with Crippen molar-refractivity contribution in [3.05, 3.63) is 58.4 Å². The first-order chi connectivity index (χ1) is 9.49. The van der Waals surface area contributed by atoms with Crippen molar-refractivity contribution in [3.63, 3.8) is 0 Å². The van der Waals surface area contributed by atoms with Crippen molar-refractivity contribution in [2.75, 3.05) is 5.32 Å². The maximum Gasteiger partial charge on any atom is 0.356 e. The smallest absolute Gasteiger partial charge is 0.308 e. The zero-order chi connectivity index (χ0) is 14.7. The van der Waals surface area contributed by atoms with Crippen LogP contribution in [0.1, 0.15) is 17.3 Å². The fourth-order valence-electron chi connectivity index (χ4n) is 1.55. The molecule has 2 aromatic rings. The molecule has 0 aliphatic heterocycles. The summed E-state index contributed by atoms with van der Waals surface area (Å²) < 4.78 is 14.2. The summed E-state index contributed by atoms with van der Waals surface area (Å²) in [6, 6.07) is 7.93. The Morgan fingerprint density at radius 2 is 1.90 bits per heavy atom. The van der Waals surface area contributed by atoms with Gasteiger partial charge in [-0.15, -0.1) is 0 Å². The maximum atomic E-state index is 13.7. The topological polar surface area (TPSA) is 81.1 Å². The molecule has 0 saturated carbocycles. The first kappa shape index (κ1) is 13.6. The molecule has 0 aliphatic rings. The fourth-order valence-corrected chi connectivity index (χ4v) is 1.55. The number of hydrogen-bond acceptors (Lipinski definition) is 4. The van der Waals surface area contributed by atoms with Gasteiger partial charge in [-0.25, -0.2) is 13.8 Å². The van der Waals surface area contributed by atoms with E-state index in [1.165, 1.54) is 12.1 Å². The first-order valence-corrected chi connectivity index (χ1v) is 5.65. The Labute approximate surface area is 112 Å². The van der Waals surface area contributed by atoms with E-state index in [1.807, 2.05) is 0 Å². The summed E-state index contributed by atoms with van der Waals surface area (Å²) in [5.41, 5.74) is -0.743. The number of rotatable bonds is 2. The monoisotopic (exact) mass is 275 g/mol. The number of amides is 1. The van der Waals surface area contributed by atoms with E-state index in [2.05, 4.69) is 10.3 Å². The second-order valence-corrected chi connectivity index (χ2v) is 3.94. The van der Waals surface area contributed by atoms with E-state index in [9.17, 15) is 18.8 Å². The summed E-state index contributed by atoms with van der Waals surface area (Å²) in [5, 5.41) is 2.07. The number of carbonyl (C=O) groups is 2. The molecule has 0 unspecified atom stereocenters. The standard InChI is InChI=1S/C13H10FN3O3/c1-8(18)15-11-10(14)7-17(13(20)16-11)12(19)9-5-3-2-4-6-9/h2-7H,1H3,(H,15,16,18,20). The molecule has 0 fully saturated rings. The Kier molecular flexibility index (Phi) is 3.69. The molecule has 1 aromatic carbocycles. The number of hydrogen-bond donors (Lipinski definition) is 1. The third-order valence-corrected chi connectivity index (χ3v) is 2.42. The van der Waals surface area contributed by atoms with Gasteiger partial charge in [-0.2, -0.15) is 4.98 Å². The van der Waals surface area contributed by atoms with Crippen molar-refractivity contribution in [1.29, 1.82) is 0 Å². The van der Waals surface area contributed by atoms with Gasteiger partial charge in [-0.1, -0.05) is 18.2 Å². The third kappa shape index (κ3) is 2.77. The lowest BCUT2D eigenvalue weighted by Crippen LogP contribution is -2.31. The number of nitrogens with one attached hydrogen (secondary N) is 1. The molecule has 2 rings (SSSR count). The molecule has 1 aromatic heterocycles. The number of nitrogens with zero attached hydrogens (tertiary/aromatic N) is 2. The first-order valence-electron chi connectivity index (χ1n) is 5.65. The third-order valence-electron chi connectivity index (χ3n) is 2.42. The Hall–Kier alpha value is -2.83. The minimum Gasteiger partial charge on any atom is -0.308 e. The lowest BCUT2D eigenvalue weighted by Gasteiger charge is -2.06. The largest absolute Gasteiger partial charge is 0.356 e. The molecular weight excluding hydrogens is 265 g/mol. The molecule has 0 aliphatic carbocycles. The lowest BCUT2D eigenvalue weighted by atomic mass is 10.2. The van der Waals surface area contributed by atoms with Gasteiger partial charge in [-0.3, -0.25) is 9.59 Å². The van der Waals surface area contributed by atoms with Gasteiger partial charge in [0.25, 0.3) is 5.91 Å². The van der Waals surface area contributed by atoms with Crippen LogP contribution in [0, 0.1) is 5.82 Å². The number of benzene rings is 1. The molecule has 0 bridgehead atoms. The van der Waals surface area contributed by atoms with E-state index in [0.29, 0.717) is 10.8 Å². The molecule has 6 nitrogen and oxygen atoms in total. The highest BCUT2D eigenvalue weighted by Gasteiger charge is 2.15. The quantitative estimate of drug-likeness (QED) is 0.887. The highest BCUT2D eigenvalue weighted by molar-refractivity contribution is 5.95. The van der Waals surface area contributed by atoms with Crippen molar-refractivity contribution in [3.8, 4) is 0 Å². The van der Waals surface area contributed by atoms with E-state index in [4.69, 9.17) is 0 Å². The van der Waals surface area contributed by atoms with Gasteiger partial charge in [-0.05, 0) is 12.1 Å². The van der Waals surface area contributed by atoms with E-state index in [-0.39, 0.29) is 5.56 Å². The van der Waals surface area contributed by atoms with Gasteiger partial charge in [0.05, 0.1) is 6.20 Å². The highest BCUT2D eigenvalue weighted by Crippen LogP contribution is 2.08. The van der Waals surface area contributed by atoms with Crippen LogP contribution in [0.2, 0.25) is 0 Å². The molecule has 1 N–H and O–H groups in total. The van der Waals surface area contributed by atoms with Crippen molar-refractivity contribution in [1.82, 2.24) is 9.55 Å². The number of aromatic nitrogens is 2. The summed E-state index contributed by atoms with van der Waals surface area (Å²) in [5.74, 6) is -2.73. The lowest BCUT2D eigenvalue weighted by molar-refractivity contribution is -0.114. The minimum atomic E-state index is -0.969. The zero-order valence-corrected chi connectivity index (χ0v) is 10.5. The van der Waals surface area contributed by atoms with Gasteiger partial charge >= 0.3 is 5.69 Å². The predicted octanol–water partition coefficient (Wildman–Crippen LogP) is 1.03. The van der Waals surface area contributed by atoms with Gasteiger partial charge in [0.15, 0.2) is 11.6 Å². The average molecular weight is 275 g/mol. The number of carbonyl (C=O) groups excluding carboxylic acids is 2.